The fourth-order valence-electron chi connectivity index (χ4n) is 3.94. The molecule has 0 aliphatic heterocycles. The minimum atomic E-state index is -0.405. The van der Waals surface area contributed by atoms with Crippen molar-refractivity contribution in [3.63, 3.8) is 0 Å². The van der Waals surface area contributed by atoms with Crippen LogP contribution in [-0.2, 0) is 16.9 Å². The lowest BCUT2D eigenvalue weighted by Gasteiger charge is -2.20. The molecule has 1 amide bonds. The highest BCUT2D eigenvalue weighted by atomic mass is 32.1. The maximum Gasteiger partial charge on any atom is 0.293 e. The van der Waals surface area contributed by atoms with Gasteiger partial charge in [-0.1, -0.05) is 42.5 Å². The molecule has 0 saturated carbocycles. The number of aromatic nitrogens is 4. The summed E-state index contributed by atoms with van der Waals surface area (Å²) in [6.45, 7) is 5.76. The number of carbonyl (C=O) groups is 1. The predicted molar refractivity (Wildman–Crippen MR) is 133 cm³/mol. The van der Waals surface area contributed by atoms with Gasteiger partial charge in [0.2, 0.25) is 5.91 Å². The smallest absolute Gasteiger partial charge is 0.293 e. The topological polar surface area (TPSA) is 81.8 Å². The van der Waals surface area contributed by atoms with Crippen LogP contribution < -0.4 is 10.9 Å². The zero-order chi connectivity index (χ0) is 23.2. The molecule has 3 aromatic heterocycles. The van der Waals surface area contributed by atoms with Crippen molar-refractivity contribution < 1.29 is 4.79 Å². The van der Waals surface area contributed by atoms with Crippen molar-refractivity contribution in [1.29, 1.82) is 0 Å². The van der Waals surface area contributed by atoms with Crippen LogP contribution in [0.1, 0.15) is 20.8 Å². The number of hydrogen-bond acceptors (Lipinski definition) is 5. The van der Waals surface area contributed by atoms with Crippen molar-refractivity contribution in [2.75, 3.05) is 5.32 Å². The zero-order valence-corrected chi connectivity index (χ0v) is 19.4. The number of carbonyl (C=O) groups excluding carboxylic acids is 1. The van der Waals surface area contributed by atoms with Gasteiger partial charge in [0, 0.05) is 11.1 Å². The second kappa shape index (κ2) is 7.97. The summed E-state index contributed by atoms with van der Waals surface area (Å²) in [4.78, 5) is 27.4. The number of fused-ring (bicyclic) bond motifs is 2. The van der Waals surface area contributed by atoms with E-state index in [2.05, 4.69) is 15.5 Å². The van der Waals surface area contributed by atoms with Gasteiger partial charge in [0.05, 0.1) is 22.0 Å². The molecule has 3 heterocycles. The summed E-state index contributed by atoms with van der Waals surface area (Å²) in [6.07, 6.45) is 1.69. The third-order valence-electron chi connectivity index (χ3n) is 5.43. The third kappa shape index (κ3) is 3.82. The summed E-state index contributed by atoms with van der Waals surface area (Å²) >= 11 is 1.53. The molecule has 0 aliphatic rings. The Bertz CT molecular complexity index is 1540. The van der Waals surface area contributed by atoms with Crippen molar-refractivity contribution in [3.8, 4) is 10.6 Å². The van der Waals surface area contributed by atoms with E-state index in [0.717, 1.165) is 15.6 Å². The fraction of sp³-hybridized carbons (Fsp3) is 0.200. The number of anilines is 1. The fourth-order valence-corrected chi connectivity index (χ4v) is 4.66. The Kier molecular flexibility index (Phi) is 5.09. The molecule has 0 aliphatic carbocycles. The van der Waals surface area contributed by atoms with Crippen LogP contribution in [0.2, 0.25) is 0 Å². The van der Waals surface area contributed by atoms with E-state index in [1.165, 1.54) is 16.0 Å². The molecule has 0 spiro atoms. The van der Waals surface area contributed by atoms with E-state index in [0.29, 0.717) is 22.3 Å². The van der Waals surface area contributed by atoms with E-state index in [4.69, 9.17) is 0 Å². The number of rotatable bonds is 4. The van der Waals surface area contributed by atoms with Crippen LogP contribution in [-0.4, -0.2) is 25.5 Å². The number of thiophene rings is 1. The Hall–Kier alpha value is -3.78. The molecule has 0 radical (unpaired) electrons. The molecule has 2 aromatic carbocycles. The molecule has 7 nitrogen and oxygen atoms in total. The van der Waals surface area contributed by atoms with E-state index >= 15 is 0 Å². The van der Waals surface area contributed by atoms with Crippen LogP contribution in [0.5, 0.6) is 0 Å². The van der Waals surface area contributed by atoms with Crippen molar-refractivity contribution in [3.05, 3.63) is 76.5 Å². The number of benzene rings is 2. The Morgan fingerprint density at radius 1 is 1.03 bits per heavy atom. The second-order valence-electron chi connectivity index (χ2n) is 8.85. The molecule has 1 N–H and O–H groups in total. The highest BCUT2D eigenvalue weighted by Gasteiger charge is 2.24. The normalized spacial score (nSPS) is 11.8. The van der Waals surface area contributed by atoms with Gasteiger partial charge in [0.25, 0.3) is 5.56 Å². The zero-order valence-electron chi connectivity index (χ0n) is 18.6. The molecular formula is C25H23N5O2S. The average Bonchev–Trinajstić information content (AvgIpc) is 3.46. The molecule has 0 bridgehead atoms. The molecule has 8 heteroatoms. The summed E-state index contributed by atoms with van der Waals surface area (Å²) in [7, 11) is 0. The van der Waals surface area contributed by atoms with Crippen molar-refractivity contribution in [2.24, 2.45) is 0 Å². The molecule has 33 heavy (non-hydrogen) atoms. The van der Waals surface area contributed by atoms with E-state index in [1.54, 1.807) is 10.9 Å². The molecule has 5 aromatic rings. The highest BCUT2D eigenvalue weighted by Crippen LogP contribution is 2.30. The lowest BCUT2D eigenvalue weighted by molar-refractivity contribution is -0.117. The summed E-state index contributed by atoms with van der Waals surface area (Å²) in [5.74, 6) is -0.320. The van der Waals surface area contributed by atoms with Gasteiger partial charge in [-0.2, -0.15) is 10.2 Å². The average molecular weight is 458 g/mol. The minimum absolute atomic E-state index is 0.203. The van der Waals surface area contributed by atoms with Crippen LogP contribution in [0.3, 0.4) is 0 Å². The Balaban J connectivity index is 1.58. The second-order valence-corrected chi connectivity index (χ2v) is 9.80. The summed E-state index contributed by atoms with van der Waals surface area (Å²) in [5.41, 5.74) is 1.04. The van der Waals surface area contributed by atoms with Crippen LogP contribution in [0, 0.1) is 0 Å². The standard InChI is InChI=1S/C25H23N5O2S/c1-25(2,3)30-23-18(14-26-30)22(20-12-7-13-33-20)28-29(24(23)32)15-21(31)27-19-11-6-9-16-8-4-5-10-17(16)19/h4-14H,15H2,1-3H3,(H,27,31). The first-order chi connectivity index (χ1) is 15.8. The van der Waals surface area contributed by atoms with E-state index in [1.807, 2.05) is 80.7 Å². The molecule has 166 valence electrons. The summed E-state index contributed by atoms with van der Waals surface area (Å²) in [5, 5.41) is 16.6. The summed E-state index contributed by atoms with van der Waals surface area (Å²) < 4.78 is 2.95. The van der Waals surface area contributed by atoms with Gasteiger partial charge in [0.15, 0.2) is 0 Å². The van der Waals surface area contributed by atoms with Crippen LogP contribution in [0.15, 0.2) is 71.0 Å². The number of amides is 1. The molecule has 0 atom stereocenters. The lowest BCUT2D eigenvalue weighted by atomic mass is 10.1. The van der Waals surface area contributed by atoms with Gasteiger partial charge in [-0.15, -0.1) is 11.3 Å². The summed E-state index contributed by atoms with van der Waals surface area (Å²) in [6, 6.07) is 17.5. The Morgan fingerprint density at radius 3 is 2.58 bits per heavy atom. The largest absolute Gasteiger partial charge is 0.324 e. The van der Waals surface area contributed by atoms with Gasteiger partial charge in [-0.3, -0.25) is 14.3 Å². The monoisotopic (exact) mass is 457 g/mol. The van der Waals surface area contributed by atoms with E-state index in [9.17, 15) is 9.59 Å². The van der Waals surface area contributed by atoms with Gasteiger partial charge >= 0.3 is 0 Å². The molecule has 0 fully saturated rings. The maximum atomic E-state index is 13.4. The van der Waals surface area contributed by atoms with E-state index in [-0.39, 0.29) is 18.0 Å². The predicted octanol–water partition coefficient (Wildman–Crippen LogP) is 4.87. The van der Waals surface area contributed by atoms with Crippen LogP contribution in [0.4, 0.5) is 5.69 Å². The maximum absolute atomic E-state index is 13.4. The Morgan fingerprint density at radius 2 is 1.82 bits per heavy atom. The van der Waals surface area contributed by atoms with Crippen LogP contribution in [0.25, 0.3) is 32.2 Å². The van der Waals surface area contributed by atoms with Gasteiger partial charge in [-0.25, -0.2) is 4.68 Å². The molecule has 0 saturated heterocycles. The van der Waals surface area contributed by atoms with Gasteiger partial charge in [-0.05, 0) is 43.7 Å². The third-order valence-corrected chi connectivity index (χ3v) is 6.31. The lowest BCUT2D eigenvalue weighted by Crippen LogP contribution is -2.33. The van der Waals surface area contributed by atoms with Crippen molar-refractivity contribution >= 4 is 44.6 Å². The number of nitrogens with one attached hydrogen (secondary N) is 1. The quantitative estimate of drug-likeness (QED) is 0.418. The van der Waals surface area contributed by atoms with Gasteiger partial charge < -0.3 is 5.32 Å². The molecule has 0 unspecified atom stereocenters. The van der Waals surface area contributed by atoms with E-state index < -0.39 is 5.54 Å². The first-order valence-electron chi connectivity index (χ1n) is 10.6. The van der Waals surface area contributed by atoms with Gasteiger partial charge in [0.1, 0.15) is 17.8 Å². The SMILES string of the molecule is CC(C)(C)n1ncc2c(-c3cccs3)nn(CC(=O)Nc3cccc4ccccc34)c(=O)c21. The number of nitrogens with zero attached hydrogens (tertiary/aromatic N) is 4. The highest BCUT2D eigenvalue weighted by molar-refractivity contribution is 7.13. The minimum Gasteiger partial charge on any atom is -0.324 e. The van der Waals surface area contributed by atoms with Crippen molar-refractivity contribution in [1.82, 2.24) is 19.6 Å². The van der Waals surface area contributed by atoms with Crippen LogP contribution >= 0.6 is 11.3 Å². The first kappa shape index (κ1) is 21.1. The van der Waals surface area contributed by atoms with Crippen molar-refractivity contribution in [2.45, 2.75) is 32.9 Å². The Labute approximate surface area is 194 Å². The first-order valence-corrected chi connectivity index (χ1v) is 11.5. The molecule has 5 rings (SSSR count). The molecular weight excluding hydrogens is 434 g/mol. The number of hydrogen-bond donors (Lipinski definition) is 1.